The second-order valence-electron chi connectivity index (χ2n) is 7.14. The fourth-order valence-electron chi connectivity index (χ4n) is 3.15. The summed E-state index contributed by atoms with van der Waals surface area (Å²) in [5, 5.41) is 7.60. The lowest BCUT2D eigenvalue weighted by Gasteiger charge is -2.42. The van der Waals surface area contributed by atoms with E-state index in [0.717, 1.165) is 25.2 Å². The number of hydrogen-bond donors (Lipinski definition) is 2. The second-order valence-corrected chi connectivity index (χ2v) is 7.58. The van der Waals surface area contributed by atoms with Crippen LogP contribution in [0.15, 0.2) is 30.9 Å². The van der Waals surface area contributed by atoms with E-state index in [1.165, 1.54) is 6.33 Å². The molecular formula is C17H23ClN6O. The van der Waals surface area contributed by atoms with Gasteiger partial charge >= 0.3 is 0 Å². The van der Waals surface area contributed by atoms with Crippen molar-refractivity contribution in [3.05, 3.63) is 35.9 Å². The van der Waals surface area contributed by atoms with E-state index in [0.29, 0.717) is 17.3 Å². The second kappa shape index (κ2) is 7.11. The van der Waals surface area contributed by atoms with Crippen LogP contribution in [0.3, 0.4) is 0 Å². The third-order valence-electron chi connectivity index (χ3n) is 4.66. The van der Waals surface area contributed by atoms with E-state index >= 15 is 0 Å². The molecule has 1 aromatic carbocycles. The van der Waals surface area contributed by atoms with Gasteiger partial charge in [0.25, 0.3) is 0 Å². The molecule has 3 N–H and O–H groups in total. The Bertz CT molecular complexity index is 746. The van der Waals surface area contributed by atoms with Gasteiger partial charge in [-0.3, -0.25) is 9.69 Å². The van der Waals surface area contributed by atoms with E-state index in [-0.39, 0.29) is 17.4 Å². The van der Waals surface area contributed by atoms with Crippen LogP contribution in [0.1, 0.15) is 20.3 Å². The van der Waals surface area contributed by atoms with Crippen LogP contribution < -0.4 is 11.1 Å². The maximum Gasteiger partial charge on any atom is 0.238 e. The minimum Gasteiger partial charge on any atom is -0.327 e. The van der Waals surface area contributed by atoms with Crippen molar-refractivity contribution in [2.75, 3.05) is 25.0 Å². The highest BCUT2D eigenvalue weighted by Crippen LogP contribution is 2.28. The summed E-state index contributed by atoms with van der Waals surface area (Å²) in [7, 11) is 0. The first-order valence-electron chi connectivity index (χ1n) is 8.27. The molecule has 1 aromatic heterocycles. The van der Waals surface area contributed by atoms with Crippen LogP contribution in [-0.2, 0) is 4.79 Å². The molecule has 0 aliphatic carbocycles. The van der Waals surface area contributed by atoms with Crippen LogP contribution in [-0.4, -0.2) is 51.2 Å². The molecular weight excluding hydrogens is 340 g/mol. The Morgan fingerprint density at radius 3 is 2.96 bits per heavy atom. The van der Waals surface area contributed by atoms with Crippen molar-refractivity contribution in [3.63, 3.8) is 0 Å². The first kappa shape index (κ1) is 17.8. The number of carbonyl (C=O) groups is 1. The number of nitrogens with two attached hydrogens (primary N) is 1. The summed E-state index contributed by atoms with van der Waals surface area (Å²) < 4.78 is 1.59. The Kier molecular flexibility index (Phi) is 5.08. The van der Waals surface area contributed by atoms with Crippen molar-refractivity contribution >= 4 is 23.2 Å². The van der Waals surface area contributed by atoms with E-state index in [1.54, 1.807) is 29.2 Å². The monoisotopic (exact) mass is 362 g/mol. The summed E-state index contributed by atoms with van der Waals surface area (Å²) in [6.07, 6.45) is 3.91. The normalized spacial score (nSPS) is 20.4. The van der Waals surface area contributed by atoms with Gasteiger partial charge in [-0.25, -0.2) is 9.67 Å². The van der Waals surface area contributed by atoms with Crippen LogP contribution in [0.2, 0.25) is 5.02 Å². The lowest BCUT2D eigenvalue weighted by Crippen LogP contribution is -2.53. The molecule has 1 fully saturated rings. The molecule has 1 aliphatic rings. The molecule has 134 valence electrons. The molecule has 1 unspecified atom stereocenters. The molecule has 1 aliphatic heterocycles. The third kappa shape index (κ3) is 4.18. The van der Waals surface area contributed by atoms with Gasteiger partial charge in [-0.2, -0.15) is 5.10 Å². The molecule has 1 atom stereocenters. The van der Waals surface area contributed by atoms with Gasteiger partial charge in [0.2, 0.25) is 5.91 Å². The quantitative estimate of drug-likeness (QED) is 0.867. The van der Waals surface area contributed by atoms with Crippen LogP contribution in [0.5, 0.6) is 0 Å². The smallest absolute Gasteiger partial charge is 0.238 e. The Hall–Kier alpha value is -1.96. The number of rotatable bonds is 4. The van der Waals surface area contributed by atoms with Gasteiger partial charge in [0, 0.05) is 24.2 Å². The highest BCUT2D eigenvalue weighted by atomic mass is 35.5. The van der Waals surface area contributed by atoms with E-state index in [4.69, 9.17) is 17.3 Å². The molecule has 0 spiro atoms. The van der Waals surface area contributed by atoms with E-state index in [1.807, 2.05) is 0 Å². The molecule has 2 heterocycles. The van der Waals surface area contributed by atoms with Gasteiger partial charge in [0.15, 0.2) is 0 Å². The minimum atomic E-state index is -0.0881. The van der Waals surface area contributed by atoms with Crippen molar-refractivity contribution in [2.45, 2.75) is 26.3 Å². The summed E-state index contributed by atoms with van der Waals surface area (Å²) in [5.41, 5.74) is 7.49. The van der Waals surface area contributed by atoms with Crippen molar-refractivity contribution in [2.24, 2.45) is 11.1 Å². The van der Waals surface area contributed by atoms with Crippen molar-refractivity contribution in [3.8, 4) is 5.69 Å². The Balaban J connectivity index is 1.70. The SMILES string of the molecule is CC1(C)CN(CC(=O)Nc2cc(Cl)ccc2-n2cncn2)CCC1N. The van der Waals surface area contributed by atoms with Gasteiger partial charge in [-0.05, 0) is 30.0 Å². The zero-order chi connectivity index (χ0) is 18.0. The minimum absolute atomic E-state index is 0.000472. The topological polar surface area (TPSA) is 89.1 Å². The van der Waals surface area contributed by atoms with Crippen LogP contribution >= 0.6 is 11.6 Å². The number of benzene rings is 1. The first-order valence-corrected chi connectivity index (χ1v) is 8.65. The zero-order valence-corrected chi connectivity index (χ0v) is 15.2. The number of carbonyl (C=O) groups excluding carboxylic acids is 1. The summed E-state index contributed by atoms with van der Waals surface area (Å²) >= 11 is 6.09. The average Bonchev–Trinajstić information content (AvgIpc) is 3.05. The lowest BCUT2D eigenvalue weighted by atomic mass is 9.80. The number of anilines is 1. The number of nitrogens with zero attached hydrogens (tertiary/aromatic N) is 4. The first-order chi connectivity index (χ1) is 11.8. The molecule has 0 bridgehead atoms. The summed E-state index contributed by atoms with van der Waals surface area (Å²) in [6.45, 7) is 6.22. The third-order valence-corrected chi connectivity index (χ3v) is 4.89. The van der Waals surface area contributed by atoms with Gasteiger partial charge in [-0.15, -0.1) is 0 Å². The molecule has 2 aromatic rings. The van der Waals surface area contributed by atoms with Crippen LogP contribution in [0.25, 0.3) is 5.69 Å². The fraction of sp³-hybridized carbons (Fsp3) is 0.471. The highest BCUT2D eigenvalue weighted by molar-refractivity contribution is 6.31. The molecule has 0 radical (unpaired) electrons. The molecule has 25 heavy (non-hydrogen) atoms. The maximum atomic E-state index is 12.5. The van der Waals surface area contributed by atoms with Crippen LogP contribution in [0, 0.1) is 5.41 Å². The molecule has 1 amide bonds. The number of halogens is 1. The molecule has 3 rings (SSSR count). The van der Waals surface area contributed by atoms with Gasteiger partial charge in [-0.1, -0.05) is 25.4 Å². The number of nitrogens with one attached hydrogen (secondary N) is 1. The molecule has 1 saturated heterocycles. The summed E-state index contributed by atoms with van der Waals surface area (Å²) in [5.74, 6) is -0.0881. The highest BCUT2D eigenvalue weighted by Gasteiger charge is 2.33. The molecule has 0 saturated carbocycles. The standard InChI is InChI=1S/C17H23ClN6O/c1-17(2)9-23(6-5-15(17)19)8-16(25)22-13-7-12(18)3-4-14(13)24-11-20-10-21-24/h3-4,7,10-11,15H,5-6,8-9,19H2,1-2H3,(H,22,25). The van der Waals surface area contributed by atoms with E-state index < -0.39 is 0 Å². The summed E-state index contributed by atoms with van der Waals surface area (Å²) in [4.78, 5) is 18.6. The average molecular weight is 363 g/mol. The fourth-order valence-corrected chi connectivity index (χ4v) is 3.33. The van der Waals surface area contributed by atoms with Crippen molar-refractivity contribution < 1.29 is 4.79 Å². The van der Waals surface area contributed by atoms with Gasteiger partial charge in [0.05, 0.1) is 17.9 Å². The van der Waals surface area contributed by atoms with Gasteiger partial charge < -0.3 is 11.1 Å². The van der Waals surface area contributed by atoms with Crippen molar-refractivity contribution in [1.29, 1.82) is 0 Å². The summed E-state index contributed by atoms with van der Waals surface area (Å²) in [6, 6.07) is 5.43. The Morgan fingerprint density at radius 1 is 1.48 bits per heavy atom. The number of hydrogen-bond acceptors (Lipinski definition) is 5. The number of piperidine rings is 1. The number of likely N-dealkylation sites (tertiary alicyclic amines) is 1. The largest absolute Gasteiger partial charge is 0.327 e. The van der Waals surface area contributed by atoms with E-state index in [9.17, 15) is 4.79 Å². The van der Waals surface area contributed by atoms with Crippen LogP contribution in [0.4, 0.5) is 5.69 Å². The molecule has 8 heteroatoms. The predicted molar refractivity (Wildman–Crippen MR) is 97.8 cm³/mol. The lowest BCUT2D eigenvalue weighted by molar-refractivity contribution is -0.118. The number of amides is 1. The maximum absolute atomic E-state index is 12.5. The zero-order valence-electron chi connectivity index (χ0n) is 14.4. The Morgan fingerprint density at radius 2 is 2.28 bits per heavy atom. The van der Waals surface area contributed by atoms with Gasteiger partial charge in [0.1, 0.15) is 12.7 Å². The molecule has 7 nitrogen and oxygen atoms in total. The van der Waals surface area contributed by atoms with Crippen molar-refractivity contribution in [1.82, 2.24) is 19.7 Å². The number of aromatic nitrogens is 3. The Labute approximate surface area is 152 Å². The van der Waals surface area contributed by atoms with E-state index in [2.05, 4.69) is 34.1 Å². The predicted octanol–water partition coefficient (Wildman–Crippen LogP) is 1.92.